The first-order valence-corrected chi connectivity index (χ1v) is 5.98. The summed E-state index contributed by atoms with van der Waals surface area (Å²) in [5, 5.41) is 3.21. The fourth-order valence-corrected chi connectivity index (χ4v) is 2.35. The Hall–Kier alpha value is -1.23. The number of rotatable bonds is 2. The van der Waals surface area contributed by atoms with E-state index in [0.717, 1.165) is 25.5 Å². The molecule has 1 heterocycles. The quantitative estimate of drug-likeness (QED) is 0.880. The van der Waals surface area contributed by atoms with Crippen LogP contribution >= 0.6 is 0 Å². The summed E-state index contributed by atoms with van der Waals surface area (Å²) < 4.78 is 43.3. The van der Waals surface area contributed by atoms with Crippen LogP contribution < -0.4 is 10.1 Å². The van der Waals surface area contributed by atoms with Crippen molar-refractivity contribution in [2.24, 2.45) is 0 Å². The molecule has 2 rings (SSSR count). The molecule has 0 radical (unpaired) electrons. The number of hydrogen-bond donors (Lipinski definition) is 1. The van der Waals surface area contributed by atoms with Gasteiger partial charge >= 0.3 is 6.18 Å². The van der Waals surface area contributed by atoms with Gasteiger partial charge in [0.1, 0.15) is 5.75 Å². The summed E-state index contributed by atoms with van der Waals surface area (Å²) in [5.74, 6) is 0.632. The highest BCUT2D eigenvalue weighted by molar-refractivity contribution is 5.41. The Labute approximate surface area is 104 Å². The third-order valence-corrected chi connectivity index (χ3v) is 3.29. The van der Waals surface area contributed by atoms with Crippen molar-refractivity contribution in [2.75, 3.05) is 20.2 Å². The second-order valence-corrected chi connectivity index (χ2v) is 4.50. The van der Waals surface area contributed by atoms with Crippen molar-refractivity contribution >= 4 is 0 Å². The summed E-state index contributed by atoms with van der Waals surface area (Å²) in [5.41, 5.74) is 0.0448. The Morgan fingerprint density at radius 1 is 1.33 bits per heavy atom. The summed E-state index contributed by atoms with van der Waals surface area (Å²) >= 11 is 0. The summed E-state index contributed by atoms with van der Waals surface area (Å²) in [4.78, 5) is 0. The number of halogens is 3. The van der Waals surface area contributed by atoms with Gasteiger partial charge in [0.15, 0.2) is 0 Å². The Morgan fingerprint density at radius 3 is 2.67 bits per heavy atom. The number of hydrogen-bond acceptors (Lipinski definition) is 2. The van der Waals surface area contributed by atoms with Crippen LogP contribution in [0.3, 0.4) is 0 Å². The lowest BCUT2D eigenvalue weighted by molar-refractivity contribution is -0.137. The smallest absolute Gasteiger partial charge is 0.416 e. The zero-order chi connectivity index (χ0) is 13.2. The first-order chi connectivity index (χ1) is 8.52. The summed E-state index contributed by atoms with van der Waals surface area (Å²) in [6, 6.07) is 3.70. The predicted octanol–water partition coefficient (Wildman–Crippen LogP) is 3.18. The Morgan fingerprint density at radius 2 is 2.11 bits per heavy atom. The van der Waals surface area contributed by atoms with Gasteiger partial charge in [-0.05, 0) is 43.1 Å². The minimum Gasteiger partial charge on any atom is -0.496 e. The molecule has 1 atom stereocenters. The van der Waals surface area contributed by atoms with E-state index >= 15 is 0 Å². The van der Waals surface area contributed by atoms with E-state index in [-0.39, 0.29) is 5.92 Å². The summed E-state index contributed by atoms with van der Waals surface area (Å²) in [7, 11) is 1.49. The minimum atomic E-state index is -4.30. The third kappa shape index (κ3) is 2.77. The minimum absolute atomic E-state index is 0.0935. The molecule has 1 N–H and O–H groups in total. The van der Waals surface area contributed by atoms with E-state index in [2.05, 4.69) is 5.32 Å². The van der Waals surface area contributed by atoms with Gasteiger partial charge in [-0.25, -0.2) is 0 Å². The van der Waals surface area contributed by atoms with Crippen molar-refractivity contribution < 1.29 is 17.9 Å². The van der Waals surface area contributed by atoms with Crippen LogP contribution in [0.4, 0.5) is 13.2 Å². The largest absolute Gasteiger partial charge is 0.496 e. The lowest BCUT2D eigenvalue weighted by Gasteiger charge is -2.25. The van der Waals surface area contributed by atoms with Crippen LogP contribution in [-0.4, -0.2) is 20.2 Å². The van der Waals surface area contributed by atoms with Crippen LogP contribution in [0.2, 0.25) is 0 Å². The molecule has 18 heavy (non-hydrogen) atoms. The number of benzene rings is 1. The second kappa shape index (κ2) is 5.18. The van der Waals surface area contributed by atoms with Crippen LogP contribution in [0.25, 0.3) is 0 Å². The van der Waals surface area contributed by atoms with Crippen molar-refractivity contribution in [2.45, 2.75) is 24.9 Å². The molecule has 0 bridgehead atoms. The molecule has 0 aromatic heterocycles. The average molecular weight is 259 g/mol. The van der Waals surface area contributed by atoms with Crippen molar-refractivity contribution in [1.82, 2.24) is 5.32 Å². The highest BCUT2D eigenvalue weighted by Crippen LogP contribution is 2.37. The van der Waals surface area contributed by atoms with E-state index in [1.54, 1.807) is 0 Å². The van der Waals surface area contributed by atoms with Crippen LogP contribution in [-0.2, 0) is 6.18 Å². The second-order valence-electron chi connectivity index (χ2n) is 4.50. The lowest BCUT2D eigenvalue weighted by Crippen LogP contribution is -2.28. The van der Waals surface area contributed by atoms with Crippen LogP contribution in [0.15, 0.2) is 18.2 Å². The molecule has 0 amide bonds. The number of methoxy groups -OCH3 is 1. The van der Waals surface area contributed by atoms with Crippen molar-refractivity contribution in [1.29, 1.82) is 0 Å². The maximum absolute atomic E-state index is 12.7. The summed E-state index contributed by atoms with van der Waals surface area (Å²) in [6.07, 6.45) is -2.43. The van der Waals surface area contributed by atoms with E-state index < -0.39 is 11.7 Å². The fourth-order valence-electron chi connectivity index (χ4n) is 2.35. The monoisotopic (exact) mass is 259 g/mol. The molecule has 1 fully saturated rings. The standard InChI is InChI=1S/C13H16F3NO/c1-18-12-5-4-10(13(14,15)16)7-11(12)9-3-2-6-17-8-9/h4-5,7,9,17H,2-3,6,8H2,1H3. The molecule has 100 valence electrons. The molecular weight excluding hydrogens is 243 g/mol. The van der Waals surface area contributed by atoms with E-state index in [0.29, 0.717) is 17.9 Å². The third-order valence-electron chi connectivity index (χ3n) is 3.29. The van der Waals surface area contributed by atoms with Gasteiger partial charge in [0.2, 0.25) is 0 Å². The van der Waals surface area contributed by atoms with Gasteiger partial charge < -0.3 is 10.1 Å². The Kier molecular flexibility index (Phi) is 3.80. The Balaban J connectivity index is 2.35. The molecule has 2 nitrogen and oxygen atoms in total. The average Bonchev–Trinajstić information content (AvgIpc) is 2.38. The number of alkyl halides is 3. The molecule has 5 heteroatoms. The highest BCUT2D eigenvalue weighted by atomic mass is 19.4. The molecule has 0 saturated carbocycles. The number of piperidine rings is 1. The van der Waals surface area contributed by atoms with Gasteiger partial charge in [0.05, 0.1) is 12.7 Å². The lowest BCUT2D eigenvalue weighted by atomic mass is 9.90. The Bertz CT molecular complexity index is 411. The zero-order valence-corrected chi connectivity index (χ0v) is 10.2. The van der Waals surface area contributed by atoms with Gasteiger partial charge in [0.25, 0.3) is 0 Å². The van der Waals surface area contributed by atoms with Crippen molar-refractivity contribution in [3.05, 3.63) is 29.3 Å². The van der Waals surface area contributed by atoms with Crippen LogP contribution in [0.1, 0.15) is 29.9 Å². The van der Waals surface area contributed by atoms with E-state index in [4.69, 9.17) is 4.74 Å². The van der Waals surface area contributed by atoms with E-state index in [1.807, 2.05) is 0 Å². The first kappa shape index (κ1) is 13.2. The van der Waals surface area contributed by atoms with Gasteiger partial charge in [-0.15, -0.1) is 0 Å². The predicted molar refractivity (Wildman–Crippen MR) is 62.8 cm³/mol. The normalized spacial score (nSPS) is 20.8. The van der Waals surface area contributed by atoms with Gasteiger partial charge in [-0.1, -0.05) is 0 Å². The van der Waals surface area contributed by atoms with Crippen LogP contribution in [0.5, 0.6) is 5.75 Å². The molecule has 1 aromatic rings. The molecule has 1 aromatic carbocycles. The fraction of sp³-hybridized carbons (Fsp3) is 0.538. The molecule has 1 aliphatic rings. The molecule has 1 unspecified atom stereocenters. The summed E-state index contributed by atoms with van der Waals surface area (Å²) in [6.45, 7) is 1.63. The van der Waals surface area contributed by atoms with Crippen LogP contribution in [0, 0.1) is 0 Å². The van der Waals surface area contributed by atoms with Crippen molar-refractivity contribution in [3.63, 3.8) is 0 Å². The molecule has 0 spiro atoms. The SMILES string of the molecule is COc1ccc(C(F)(F)F)cc1C1CCCNC1. The first-order valence-electron chi connectivity index (χ1n) is 5.98. The van der Waals surface area contributed by atoms with Crippen molar-refractivity contribution in [3.8, 4) is 5.75 Å². The molecule has 1 aliphatic heterocycles. The maximum atomic E-state index is 12.7. The topological polar surface area (TPSA) is 21.3 Å². The molecule has 0 aliphatic carbocycles. The highest BCUT2D eigenvalue weighted by Gasteiger charge is 2.32. The zero-order valence-electron chi connectivity index (χ0n) is 10.2. The van der Waals surface area contributed by atoms with Gasteiger partial charge in [0, 0.05) is 12.5 Å². The van der Waals surface area contributed by atoms with E-state index in [9.17, 15) is 13.2 Å². The maximum Gasteiger partial charge on any atom is 0.416 e. The van der Waals surface area contributed by atoms with Gasteiger partial charge in [-0.3, -0.25) is 0 Å². The van der Waals surface area contributed by atoms with E-state index in [1.165, 1.54) is 19.2 Å². The number of nitrogens with one attached hydrogen (secondary N) is 1. The molecule has 1 saturated heterocycles. The van der Waals surface area contributed by atoms with Gasteiger partial charge in [-0.2, -0.15) is 13.2 Å². The molecular formula is C13H16F3NO. The number of ether oxygens (including phenoxy) is 1.